The van der Waals surface area contributed by atoms with E-state index in [9.17, 15) is 9.59 Å². The van der Waals surface area contributed by atoms with Gasteiger partial charge in [-0.3, -0.25) is 9.59 Å². The number of carbonyl (C=O) groups excluding carboxylic acids is 2. The number of anilines is 1. The summed E-state index contributed by atoms with van der Waals surface area (Å²) in [6.07, 6.45) is 2.92. The van der Waals surface area contributed by atoms with Gasteiger partial charge in [0.1, 0.15) is 6.42 Å². The second-order valence-electron chi connectivity index (χ2n) is 5.19. The van der Waals surface area contributed by atoms with Gasteiger partial charge in [0.2, 0.25) is 11.8 Å². The van der Waals surface area contributed by atoms with Gasteiger partial charge in [-0.25, -0.2) is 0 Å². The maximum atomic E-state index is 11.9. The van der Waals surface area contributed by atoms with E-state index in [0.29, 0.717) is 17.3 Å². The molecule has 2 aromatic carbocycles. The number of halogens is 1. The van der Waals surface area contributed by atoms with E-state index in [-0.39, 0.29) is 18.2 Å². The second-order valence-corrected chi connectivity index (χ2v) is 5.63. The molecule has 0 spiro atoms. The molecule has 25 heavy (non-hydrogen) atoms. The molecular formula is C19H16ClN3O2. The topological polar surface area (TPSA) is 82.0 Å². The summed E-state index contributed by atoms with van der Waals surface area (Å²) in [6.45, 7) is 0.320. The van der Waals surface area contributed by atoms with Crippen LogP contribution in [0.3, 0.4) is 0 Å². The van der Waals surface area contributed by atoms with Crippen molar-refractivity contribution in [2.24, 2.45) is 0 Å². The molecule has 0 saturated carbocycles. The normalized spacial score (nSPS) is 10.2. The van der Waals surface area contributed by atoms with Crippen LogP contribution in [-0.4, -0.2) is 11.8 Å². The summed E-state index contributed by atoms with van der Waals surface area (Å²) < 4.78 is 0. The van der Waals surface area contributed by atoms with Gasteiger partial charge >= 0.3 is 0 Å². The van der Waals surface area contributed by atoms with Crippen LogP contribution in [0.15, 0.2) is 54.6 Å². The van der Waals surface area contributed by atoms with Gasteiger partial charge in [-0.2, -0.15) is 5.26 Å². The third-order valence-corrected chi connectivity index (χ3v) is 3.43. The molecule has 0 aliphatic carbocycles. The van der Waals surface area contributed by atoms with Crippen molar-refractivity contribution < 1.29 is 9.59 Å². The van der Waals surface area contributed by atoms with E-state index in [1.54, 1.807) is 42.5 Å². The number of carbonyl (C=O) groups is 2. The SMILES string of the molecule is N#CCC(=O)Nc1cccc(CNC(=O)/C=C/c2cccc(Cl)c2)c1. The molecule has 2 amide bonds. The Kier molecular flexibility index (Phi) is 6.76. The average molecular weight is 354 g/mol. The predicted octanol–water partition coefficient (Wildman–Crippen LogP) is 3.52. The number of rotatable bonds is 6. The van der Waals surface area contributed by atoms with E-state index in [1.165, 1.54) is 6.08 Å². The Morgan fingerprint density at radius 3 is 2.72 bits per heavy atom. The first-order valence-electron chi connectivity index (χ1n) is 7.54. The van der Waals surface area contributed by atoms with E-state index in [4.69, 9.17) is 16.9 Å². The van der Waals surface area contributed by atoms with Crippen LogP contribution in [0.2, 0.25) is 5.02 Å². The minimum absolute atomic E-state index is 0.199. The molecule has 2 aromatic rings. The highest BCUT2D eigenvalue weighted by Crippen LogP contribution is 2.12. The van der Waals surface area contributed by atoms with E-state index >= 15 is 0 Å². The molecule has 0 atom stereocenters. The van der Waals surface area contributed by atoms with E-state index in [2.05, 4.69) is 10.6 Å². The van der Waals surface area contributed by atoms with Gasteiger partial charge in [0, 0.05) is 23.3 Å². The molecule has 126 valence electrons. The highest BCUT2D eigenvalue weighted by molar-refractivity contribution is 6.30. The minimum Gasteiger partial charge on any atom is -0.348 e. The summed E-state index contributed by atoms with van der Waals surface area (Å²) in [5, 5.41) is 14.5. The molecule has 0 radical (unpaired) electrons. The zero-order chi connectivity index (χ0) is 18.1. The van der Waals surface area contributed by atoms with Crippen LogP contribution in [0.25, 0.3) is 6.08 Å². The number of nitrogens with one attached hydrogen (secondary N) is 2. The van der Waals surface area contributed by atoms with Crippen molar-refractivity contribution in [2.75, 3.05) is 5.32 Å². The van der Waals surface area contributed by atoms with Gasteiger partial charge < -0.3 is 10.6 Å². The van der Waals surface area contributed by atoms with Gasteiger partial charge in [-0.1, -0.05) is 35.9 Å². The van der Waals surface area contributed by atoms with Crippen molar-refractivity contribution in [3.63, 3.8) is 0 Å². The highest BCUT2D eigenvalue weighted by atomic mass is 35.5. The summed E-state index contributed by atoms with van der Waals surface area (Å²) in [5.41, 5.74) is 2.26. The van der Waals surface area contributed by atoms with Crippen LogP contribution in [0, 0.1) is 11.3 Å². The minimum atomic E-state index is -0.367. The number of hydrogen-bond donors (Lipinski definition) is 2. The zero-order valence-electron chi connectivity index (χ0n) is 13.3. The Labute approximate surface area is 150 Å². The van der Waals surface area contributed by atoms with Crippen LogP contribution in [0.5, 0.6) is 0 Å². The van der Waals surface area contributed by atoms with E-state index < -0.39 is 0 Å². The first-order chi connectivity index (χ1) is 12.1. The molecule has 0 bridgehead atoms. The molecule has 0 aromatic heterocycles. The van der Waals surface area contributed by atoms with Gasteiger partial charge in [0.25, 0.3) is 0 Å². The van der Waals surface area contributed by atoms with Crippen molar-refractivity contribution in [1.82, 2.24) is 5.32 Å². The summed E-state index contributed by atoms with van der Waals surface area (Å²) in [4.78, 5) is 23.3. The molecule has 0 unspecified atom stereocenters. The number of nitriles is 1. The second kappa shape index (κ2) is 9.26. The summed E-state index contributed by atoms with van der Waals surface area (Å²) >= 11 is 5.89. The third-order valence-electron chi connectivity index (χ3n) is 3.19. The first-order valence-corrected chi connectivity index (χ1v) is 7.92. The fourth-order valence-corrected chi connectivity index (χ4v) is 2.27. The maximum absolute atomic E-state index is 11.9. The number of hydrogen-bond acceptors (Lipinski definition) is 3. The largest absolute Gasteiger partial charge is 0.348 e. The van der Waals surface area contributed by atoms with Gasteiger partial charge in [0.05, 0.1) is 6.07 Å². The fourth-order valence-electron chi connectivity index (χ4n) is 2.07. The zero-order valence-corrected chi connectivity index (χ0v) is 14.1. The molecule has 0 saturated heterocycles. The van der Waals surface area contributed by atoms with Crippen LogP contribution >= 0.6 is 11.6 Å². The molecule has 0 heterocycles. The molecule has 0 aliphatic heterocycles. The fraction of sp³-hybridized carbons (Fsp3) is 0.105. The van der Waals surface area contributed by atoms with Crippen LogP contribution in [0.4, 0.5) is 5.69 Å². The Morgan fingerprint density at radius 1 is 1.16 bits per heavy atom. The smallest absolute Gasteiger partial charge is 0.244 e. The van der Waals surface area contributed by atoms with Gasteiger partial charge in [-0.15, -0.1) is 0 Å². The monoisotopic (exact) mass is 353 g/mol. The lowest BCUT2D eigenvalue weighted by molar-refractivity contribution is -0.117. The van der Waals surface area contributed by atoms with Gasteiger partial charge in [-0.05, 0) is 41.5 Å². The Morgan fingerprint density at radius 2 is 1.96 bits per heavy atom. The third kappa shape index (κ3) is 6.50. The first kappa shape index (κ1) is 18.2. The molecular weight excluding hydrogens is 338 g/mol. The lowest BCUT2D eigenvalue weighted by Crippen LogP contribution is -2.20. The number of amides is 2. The highest BCUT2D eigenvalue weighted by Gasteiger charge is 2.03. The van der Waals surface area contributed by atoms with Crippen LogP contribution < -0.4 is 10.6 Å². The molecule has 0 fully saturated rings. The Balaban J connectivity index is 1.89. The number of benzene rings is 2. The van der Waals surface area contributed by atoms with E-state index in [0.717, 1.165) is 11.1 Å². The van der Waals surface area contributed by atoms with Crippen molar-refractivity contribution in [2.45, 2.75) is 13.0 Å². The summed E-state index contributed by atoms with van der Waals surface area (Å²) in [6, 6.07) is 16.0. The summed E-state index contributed by atoms with van der Waals surface area (Å²) in [5.74, 6) is -0.605. The quantitative estimate of drug-likeness (QED) is 0.779. The molecule has 0 aliphatic rings. The van der Waals surface area contributed by atoms with Crippen molar-refractivity contribution in [3.8, 4) is 6.07 Å². The Hall–Kier alpha value is -3.10. The molecule has 5 nitrogen and oxygen atoms in total. The summed E-state index contributed by atoms with van der Waals surface area (Å²) in [7, 11) is 0. The van der Waals surface area contributed by atoms with Crippen molar-refractivity contribution in [1.29, 1.82) is 5.26 Å². The molecule has 2 N–H and O–H groups in total. The van der Waals surface area contributed by atoms with Crippen LogP contribution in [0.1, 0.15) is 17.5 Å². The average Bonchev–Trinajstić information content (AvgIpc) is 2.59. The molecule has 2 rings (SSSR count). The standard InChI is InChI=1S/C19H16ClN3O2/c20-16-5-1-3-14(11-16)7-8-18(24)22-13-15-4-2-6-17(12-15)23-19(25)9-10-21/h1-8,11-12H,9,13H2,(H,22,24)(H,23,25)/b8-7+. The van der Waals surface area contributed by atoms with Crippen molar-refractivity contribution in [3.05, 3.63) is 70.8 Å². The maximum Gasteiger partial charge on any atom is 0.244 e. The lowest BCUT2D eigenvalue weighted by Gasteiger charge is -2.07. The Bertz CT molecular complexity index is 841. The van der Waals surface area contributed by atoms with Crippen molar-refractivity contribution >= 4 is 35.2 Å². The lowest BCUT2D eigenvalue weighted by atomic mass is 10.2. The van der Waals surface area contributed by atoms with Crippen LogP contribution in [-0.2, 0) is 16.1 Å². The van der Waals surface area contributed by atoms with Gasteiger partial charge in [0.15, 0.2) is 0 Å². The predicted molar refractivity (Wildman–Crippen MR) is 97.6 cm³/mol. The van der Waals surface area contributed by atoms with E-state index in [1.807, 2.05) is 18.2 Å². The molecule has 6 heteroatoms. The number of nitrogens with zero attached hydrogens (tertiary/aromatic N) is 1.